The van der Waals surface area contributed by atoms with Crippen molar-refractivity contribution in [3.05, 3.63) is 89.3 Å². The van der Waals surface area contributed by atoms with Gasteiger partial charge in [0.1, 0.15) is 11.4 Å². The summed E-state index contributed by atoms with van der Waals surface area (Å²) in [5.41, 5.74) is 17.1. The van der Waals surface area contributed by atoms with Gasteiger partial charge in [-0.25, -0.2) is 0 Å². The molecular formula is C26H41N3O3Si3. The maximum atomic E-state index is 6.07. The summed E-state index contributed by atoms with van der Waals surface area (Å²) in [7, 11) is -5.55. The minimum atomic E-state index is -1.88. The number of allylic oxidation sites excluding steroid dienone is 1. The van der Waals surface area contributed by atoms with Gasteiger partial charge < -0.3 is 13.6 Å². The van der Waals surface area contributed by atoms with Crippen molar-refractivity contribution in [2.24, 2.45) is 0 Å². The summed E-state index contributed by atoms with van der Waals surface area (Å²) in [4.78, 5) is 0. The lowest BCUT2D eigenvalue weighted by Gasteiger charge is -2.22. The molecule has 0 spiro atoms. The molecule has 0 saturated heterocycles. The summed E-state index contributed by atoms with van der Waals surface area (Å²) in [6.07, 6.45) is 1.95. The van der Waals surface area contributed by atoms with Gasteiger partial charge in [0, 0.05) is 5.56 Å². The van der Waals surface area contributed by atoms with Gasteiger partial charge in [-0.3, -0.25) is 16.4 Å². The highest BCUT2D eigenvalue weighted by atomic mass is 28.4. The first-order valence-electron chi connectivity index (χ1n) is 11.9. The van der Waals surface area contributed by atoms with Crippen LogP contribution in [0.3, 0.4) is 0 Å². The summed E-state index contributed by atoms with van der Waals surface area (Å²) in [6, 6.07) is 20.1. The van der Waals surface area contributed by atoms with Gasteiger partial charge in [0.05, 0.1) is 5.70 Å². The van der Waals surface area contributed by atoms with Crippen LogP contribution in [0, 0.1) is 0 Å². The summed E-state index contributed by atoms with van der Waals surface area (Å²) in [6.45, 7) is 19.2. The zero-order valence-corrected chi connectivity index (χ0v) is 25.6. The lowest BCUT2D eigenvalue weighted by Crippen LogP contribution is -2.34. The second kappa shape index (κ2) is 12.5. The van der Waals surface area contributed by atoms with Crippen LogP contribution in [0.4, 0.5) is 0 Å². The molecule has 190 valence electrons. The highest BCUT2D eigenvalue weighted by Gasteiger charge is 2.19. The molecule has 9 heteroatoms. The summed E-state index contributed by atoms with van der Waals surface area (Å²) < 4.78 is 18.2. The maximum Gasteiger partial charge on any atom is 0.220 e. The number of nitrogens with one attached hydrogen (secondary N) is 3. The van der Waals surface area contributed by atoms with Crippen LogP contribution in [0.2, 0.25) is 58.9 Å². The van der Waals surface area contributed by atoms with E-state index in [1.807, 2.05) is 66.7 Å². The highest BCUT2D eigenvalue weighted by molar-refractivity contribution is 6.70. The molecule has 0 fully saturated rings. The molecule has 0 unspecified atom stereocenters. The zero-order chi connectivity index (χ0) is 26.1. The first-order valence-corrected chi connectivity index (χ1v) is 22.1. The van der Waals surface area contributed by atoms with Gasteiger partial charge in [-0.15, -0.1) is 0 Å². The smallest absolute Gasteiger partial charge is 0.220 e. The van der Waals surface area contributed by atoms with E-state index >= 15 is 0 Å². The van der Waals surface area contributed by atoms with E-state index in [1.165, 1.54) is 0 Å². The molecule has 35 heavy (non-hydrogen) atoms. The highest BCUT2D eigenvalue weighted by Crippen LogP contribution is 2.17. The predicted molar refractivity (Wildman–Crippen MR) is 154 cm³/mol. The second-order valence-electron chi connectivity index (χ2n) is 11.2. The lowest BCUT2D eigenvalue weighted by atomic mass is 10.1. The average Bonchev–Trinajstić information content (AvgIpc) is 2.76. The minimum absolute atomic E-state index is 0.642. The maximum absolute atomic E-state index is 6.07. The molecule has 3 N–H and O–H groups in total. The Morgan fingerprint density at radius 1 is 0.600 bits per heavy atom. The third-order valence-electron chi connectivity index (χ3n) is 4.09. The average molecular weight is 528 g/mol. The van der Waals surface area contributed by atoms with E-state index in [0.717, 1.165) is 16.8 Å². The van der Waals surface area contributed by atoms with E-state index in [2.05, 4.69) is 81.1 Å². The molecule has 2 rings (SSSR count). The van der Waals surface area contributed by atoms with Gasteiger partial charge >= 0.3 is 0 Å². The molecule has 0 saturated carbocycles. The molecular weight excluding hydrogens is 487 g/mol. The first kappa shape index (κ1) is 28.9. The molecule has 0 amide bonds. The van der Waals surface area contributed by atoms with Crippen molar-refractivity contribution in [1.29, 1.82) is 0 Å². The van der Waals surface area contributed by atoms with Crippen molar-refractivity contribution in [1.82, 2.24) is 16.4 Å². The van der Waals surface area contributed by atoms with Gasteiger partial charge in [-0.05, 0) is 70.6 Å². The van der Waals surface area contributed by atoms with Crippen molar-refractivity contribution in [3.8, 4) is 0 Å². The number of hydrogen-bond donors (Lipinski definition) is 3. The van der Waals surface area contributed by atoms with E-state index < -0.39 is 25.0 Å². The minimum Gasteiger partial charge on any atom is -0.323 e. The van der Waals surface area contributed by atoms with E-state index in [4.69, 9.17) is 13.6 Å². The van der Waals surface area contributed by atoms with Crippen LogP contribution in [-0.4, -0.2) is 25.0 Å². The van der Waals surface area contributed by atoms with Crippen LogP contribution in [0.1, 0.15) is 11.1 Å². The SMILES string of the molecule is C[Si](C)(C)ONC(=C=C(NO[Si](C)(C)C)c1ccccc1)C=C(NO[Si](C)(C)C)c1ccccc1. The van der Waals surface area contributed by atoms with Gasteiger partial charge in [-0.1, -0.05) is 66.4 Å². The van der Waals surface area contributed by atoms with E-state index in [0.29, 0.717) is 11.4 Å². The van der Waals surface area contributed by atoms with E-state index in [1.54, 1.807) is 0 Å². The number of rotatable bonds is 12. The molecule has 0 heterocycles. The Morgan fingerprint density at radius 2 is 1.03 bits per heavy atom. The Balaban J connectivity index is 2.66. The van der Waals surface area contributed by atoms with Gasteiger partial charge in [0.25, 0.3) is 0 Å². The van der Waals surface area contributed by atoms with E-state index in [9.17, 15) is 0 Å². The van der Waals surface area contributed by atoms with Crippen molar-refractivity contribution >= 4 is 36.3 Å². The molecule has 0 aliphatic rings. The normalized spacial score (nSPS) is 12.5. The Kier molecular flexibility index (Phi) is 10.3. The van der Waals surface area contributed by atoms with Gasteiger partial charge in [0.15, 0.2) is 0 Å². The monoisotopic (exact) mass is 527 g/mol. The molecule has 0 atom stereocenters. The zero-order valence-electron chi connectivity index (χ0n) is 22.6. The van der Waals surface area contributed by atoms with Crippen molar-refractivity contribution in [2.75, 3.05) is 0 Å². The Bertz CT molecular complexity index is 1030. The quantitative estimate of drug-likeness (QED) is 0.125. The molecule has 2 aromatic carbocycles. The van der Waals surface area contributed by atoms with Crippen LogP contribution in [0.15, 0.2) is 78.2 Å². The van der Waals surface area contributed by atoms with Crippen molar-refractivity contribution in [3.63, 3.8) is 0 Å². The van der Waals surface area contributed by atoms with Crippen molar-refractivity contribution < 1.29 is 13.6 Å². The number of hydroxylamine groups is 3. The summed E-state index contributed by atoms with van der Waals surface area (Å²) in [5.74, 6) is 0. The van der Waals surface area contributed by atoms with E-state index in [-0.39, 0.29) is 0 Å². The van der Waals surface area contributed by atoms with Crippen LogP contribution < -0.4 is 16.4 Å². The number of hydrogen-bond acceptors (Lipinski definition) is 6. The Labute approximate surface area is 214 Å². The number of benzene rings is 2. The molecule has 6 nitrogen and oxygen atoms in total. The standard InChI is InChI=1S/C26H41N3O3Si3/c1-33(2,3)30-27-24(20-25(28-31-34(4,5)6)22-16-12-10-13-17-22)21-26(29-32-35(7,8)9)23-18-14-11-15-19-23/h10-20,27-29H,1-9H3. The van der Waals surface area contributed by atoms with Crippen molar-refractivity contribution in [2.45, 2.75) is 58.9 Å². The fourth-order valence-corrected chi connectivity index (χ4v) is 3.78. The third-order valence-corrected chi connectivity index (χ3v) is 6.23. The third kappa shape index (κ3) is 12.2. The first-order chi connectivity index (χ1) is 16.2. The molecule has 0 aromatic heterocycles. The van der Waals surface area contributed by atoms with Gasteiger partial charge in [0.2, 0.25) is 25.0 Å². The molecule has 2 aromatic rings. The van der Waals surface area contributed by atoms with Crippen LogP contribution in [0.25, 0.3) is 11.4 Å². The summed E-state index contributed by atoms with van der Waals surface area (Å²) >= 11 is 0. The predicted octanol–water partition coefficient (Wildman–Crippen LogP) is 6.62. The Hall–Kier alpha value is -2.37. The molecule has 0 radical (unpaired) electrons. The second-order valence-corrected chi connectivity index (χ2v) is 24.4. The molecule has 0 aliphatic heterocycles. The fraction of sp³-hybridized carbons (Fsp3) is 0.346. The Morgan fingerprint density at radius 3 is 1.51 bits per heavy atom. The lowest BCUT2D eigenvalue weighted by molar-refractivity contribution is 0.224. The topological polar surface area (TPSA) is 63.8 Å². The molecule has 0 aliphatic carbocycles. The van der Waals surface area contributed by atoms with Gasteiger partial charge in [-0.2, -0.15) is 0 Å². The van der Waals surface area contributed by atoms with Crippen LogP contribution in [0.5, 0.6) is 0 Å². The molecule has 0 bridgehead atoms. The fourth-order valence-electron chi connectivity index (χ4n) is 2.54. The largest absolute Gasteiger partial charge is 0.323 e. The summed E-state index contributed by atoms with van der Waals surface area (Å²) in [5, 5.41) is 0. The van der Waals surface area contributed by atoms with Crippen LogP contribution >= 0.6 is 0 Å². The van der Waals surface area contributed by atoms with Crippen LogP contribution in [-0.2, 0) is 13.6 Å².